The molecule has 0 aromatic carbocycles. The van der Waals surface area contributed by atoms with Gasteiger partial charge in [-0.2, -0.15) is 0 Å². The van der Waals surface area contributed by atoms with Gasteiger partial charge in [0.1, 0.15) is 0 Å². The molecule has 2 heterocycles. The lowest BCUT2D eigenvalue weighted by Crippen LogP contribution is -2.44. The monoisotopic (exact) mass is 235 g/mol. The number of nitrogens with one attached hydrogen (secondary N) is 2. The summed E-state index contributed by atoms with van der Waals surface area (Å²) in [4.78, 5) is 15.6. The second-order valence-electron chi connectivity index (χ2n) is 4.21. The number of carbonyl (C=O) groups excluding carboxylic acids is 1. The van der Waals surface area contributed by atoms with Crippen LogP contribution in [0.2, 0.25) is 0 Å². The van der Waals surface area contributed by atoms with Gasteiger partial charge in [0, 0.05) is 25.2 Å². The van der Waals surface area contributed by atoms with E-state index >= 15 is 0 Å². The van der Waals surface area contributed by atoms with Crippen LogP contribution in [0.3, 0.4) is 0 Å². The van der Waals surface area contributed by atoms with E-state index < -0.39 is 0 Å². The van der Waals surface area contributed by atoms with Gasteiger partial charge in [0.05, 0.1) is 7.11 Å². The van der Waals surface area contributed by atoms with E-state index in [1.165, 1.54) is 0 Å². The number of ether oxygens (including phenoxy) is 1. The van der Waals surface area contributed by atoms with Crippen molar-refractivity contribution in [2.24, 2.45) is 5.92 Å². The van der Waals surface area contributed by atoms with Gasteiger partial charge in [-0.05, 0) is 24.6 Å². The first-order chi connectivity index (χ1) is 8.28. The molecule has 17 heavy (non-hydrogen) atoms. The fourth-order valence-electron chi connectivity index (χ4n) is 1.66. The smallest absolute Gasteiger partial charge is 0.220 e. The lowest BCUT2D eigenvalue weighted by Gasteiger charge is -2.26. The molecule has 0 spiro atoms. The molecule has 0 radical (unpaired) electrons. The van der Waals surface area contributed by atoms with E-state index in [4.69, 9.17) is 4.74 Å². The molecule has 0 bridgehead atoms. The first-order valence-corrected chi connectivity index (χ1v) is 5.74. The number of aromatic nitrogens is 1. The van der Waals surface area contributed by atoms with Gasteiger partial charge in [-0.25, -0.2) is 4.98 Å². The van der Waals surface area contributed by atoms with E-state index in [2.05, 4.69) is 15.6 Å². The minimum absolute atomic E-state index is 0.104. The van der Waals surface area contributed by atoms with Crippen molar-refractivity contribution >= 4 is 5.91 Å². The molecule has 0 saturated carbocycles. The molecular weight excluding hydrogens is 218 g/mol. The van der Waals surface area contributed by atoms with Crippen LogP contribution in [-0.2, 0) is 11.3 Å². The normalized spacial score (nSPS) is 15.1. The highest BCUT2D eigenvalue weighted by Crippen LogP contribution is 2.09. The van der Waals surface area contributed by atoms with Crippen LogP contribution in [0, 0.1) is 5.92 Å². The van der Waals surface area contributed by atoms with Gasteiger partial charge < -0.3 is 15.4 Å². The first-order valence-electron chi connectivity index (χ1n) is 5.74. The van der Waals surface area contributed by atoms with Crippen molar-refractivity contribution in [1.29, 1.82) is 0 Å². The Hall–Kier alpha value is -1.62. The average Bonchev–Trinajstić information content (AvgIpc) is 2.32. The Labute approximate surface area is 101 Å². The van der Waals surface area contributed by atoms with Gasteiger partial charge in [-0.3, -0.25) is 4.79 Å². The van der Waals surface area contributed by atoms with E-state index in [-0.39, 0.29) is 5.91 Å². The molecular formula is C12H17N3O2. The van der Waals surface area contributed by atoms with Crippen LogP contribution in [0.15, 0.2) is 18.3 Å². The van der Waals surface area contributed by atoms with Crippen LogP contribution >= 0.6 is 0 Å². The molecule has 1 aliphatic rings. The third-order valence-corrected chi connectivity index (χ3v) is 2.84. The van der Waals surface area contributed by atoms with Crippen molar-refractivity contribution in [2.75, 3.05) is 20.2 Å². The number of nitrogens with zero attached hydrogens (tertiary/aromatic N) is 1. The Morgan fingerprint density at radius 1 is 1.59 bits per heavy atom. The topological polar surface area (TPSA) is 63.2 Å². The van der Waals surface area contributed by atoms with Gasteiger partial charge in [0.15, 0.2) is 0 Å². The molecule has 1 aliphatic heterocycles. The number of rotatable bonds is 5. The second-order valence-corrected chi connectivity index (χ2v) is 4.21. The first kappa shape index (κ1) is 11.9. The summed E-state index contributed by atoms with van der Waals surface area (Å²) in [6.07, 6.45) is 2.32. The quantitative estimate of drug-likeness (QED) is 0.771. The molecule has 0 unspecified atom stereocenters. The molecule has 1 aromatic heterocycles. The Morgan fingerprint density at radius 3 is 2.94 bits per heavy atom. The SMILES string of the molecule is COc1ccc(CNC(=O)CC2CNC2)cn1. The van der Waals surface area contributed by atoms with Crippen LogP contribution in [0.4, 0.5) is 0 Å². The van der Waals surface area contributed by atoms with Gasteiger partial charge >= 0.3 is 0 Å². The molecule has 5 nitrogen and oxygen atoms in total. The van der Waals surface area contributed by atoms with Gasteiger partial charge in [0.25, 0.3) is 0 Å². The second kappa shape index (κ2) is 5.63. The highest BCUT2D eigenvalue weighted by atomic mass is 16.5. The fraction of sp³-hybridized carbons (Fsp3) is 0.500. The van der Waals surface area contributed by atoms with Gasteiger partial charge in [-0.15, -0.1) is 0 Å². The summed E-state index contributed by atoms with van der Waals surface area (Å²) in [7, 11) is 1.58. The zero-order chi connectivity index (χ0) is 12.1. The number of pyridine rings is 1. The van der Waals surface area contributed by atoms with Crippen LogP contribution in [-0.4, -0.2) is 31.1 Å². The highest BCUT2D eigenvalue weighted by Gasteiger charge is 2.19. The predicted molar refractivity (Wildman–Crippen MR) is 63.6 cm³/mol. The van der Waals surface area contributed by atoms with Crippen molar-refractivity contribution < 1.29 is 9.53 Å². The van der Waals surface area contributed by atoms with E-state index in [0.717, 1.165) is 18.7 Å². The van der Waals surface area contributed by atoms with E-state index in [0.29, 0.717) is 24.8 Å². The van der Waals surface area contributed by atoms with Crippen molar-refractivity contribution in [2.45, 2.75) is 13.0 Å². The number of carbonyl (C=O) groups is 1. The Morgan fingerprint density at radius 2 is 2.41 bits per heavy atom. The molecule has 0 atom stereocenters. The van der Waals surface area contributed by atoms with E-state index in [1.54, 1.807) is 19.4 Å². The zero-order valence-corrected chi connectivity index (χ0v) is 9.90. The number of hydrogen-bond acceptors (Lipinski definition) is 4. The largest absolute Gasteiger partial charge is 0.481 e. The van der Waals surface area contributed by atoms with Crippen molar-refractivity contribution in [3.8, 4) is 5.88 Å². The third-order valence-electron chi connectivity index (χ3n) is 2.84. The van der Waals surface area contributed by atoms with Gasteiger partial charge in [0.2, 0.25) is 11.8 Å². The minimum atomic E-state index is 0.104. The summed E-state index contributed by atoms with van der Waals surface area (Å²) in [6.45, 7) is 2.44. The molecule has 1 amide bonds. The third kappa shape index (κ3) is 3.42. The maximum Gasteiger partial charge on any atom is 0.220 e. The molecule has 92 valence electrons. The summed E-state index contributed by atoms with van der Waals surface area (Å²) in [6, 6.07) is 3.69. The van der Waals surface area contributed by atoms with E-state index in [1.807, 2.05) is 6.07 Å². The maximum atomic E-state index is 11.6. The molecule has 2 rings (SSSR count). The summed E-state index contributed by atoms with van der Waals surface area (Å²) >= 11 is 0. The lowest BCUT2D eigenvalue weighted by molar-refractivity contribution is -0.122. The summed E-state index contributed by atoms with van der Waals surface area (Å²) in [5.74, 6) is 1.19. The lowest BCUT2D eigenvalue weighted by atomic mass is 9.99. The predicted octanol–water partition coefficient (Wildman–Crippen LogP) is 0.316. The van der Waals surface area contributed by atoms with Crippen molar-refractivity contribution in [3.05, 3.63) is 23.9 Å². The number of hydrogen-bond donors (Lipinski definition) is 2. The summed E-state index contributed by atoms with van der Waals surface area (Å²) in [5, 5.41) is 6.04. The van der Waals surface area contributed by atoms with Crippen LogP contribution < -0.4 is 15.4 Å². The van der Waals surface area contributed by atoms with Crippen LogP contribution in [0.1, 0.15) is 12.0 Å². The minimum Gasteiger partial charge on any atom is -0.481 e. The summed E-state index contributed by atoms with van der Waals surface area (Å²) in [5.41, 5.74) is 0.978. The Kier molecular flexibility index (Phi) is 3.93. The Balaban J connectivity index is 1.74. The van der Waals surface area contributed by atoms with Gasteiger partial charge in [-0.1, -0.05) is 6.07 Å². The molecule has 1 aromatic rings. The summed E-state index contributed by atoms with van der Waals surface area (Å²) < 4.78 is 4.96. The Bertz CT molecular complexity index is 374. The average molecular weight is 235 g/mol. The highest BCUT2D eigenvalue weighted by molar-refractivity contribution is 5.76. The van der Waals surface area contributed by atoms with Crippen molar-refractivity contribution in [3.63, 3.8) is 0 Å². The standard InChI is InChI=1S/C12H17N3O2/c1-17-12-3-2-9(8-15-12)7-14-11(16)4-10-5-13-6-10/h2-3,8,10,13H,4-7H2,1H3,(H,14,16). The number of amides is 1. The fourth-order valence-corrected chi connectivity index (χ4v) is 1.66. The van der Waals surface area contributed by atoms with Crippen molar-refractivity contribution in [1.82, 2.24) is 15.6 Å². The zero-order valence-electron chi connectivity index (χ0n) is 9.90. The molecule has 1 fully saturated rings. The maximum absolute atomic E-state index is 11.6. The van der Waals surface area contributed by atoms with Crippen LogP contribution in [0.5, 0.6) is 5.88 Å². The van der Waals surface area contributed by atoms with E-state index in [9.17, 15) is 4.79 Å². The number of methoxy groups -OCH3 is 1. The molecule has 2 N–H and O–H groups in total. The molecule has 1 saturated heterocycles. The van der Waals surface area contributed by atoms with Crippen LogP contribution in [0.25, 0.3) is 0 Å². The molecule has 5 heteroatoms. The molecule has 0 aliphatic carbocycles.